The molecule has 3 heteroatoms. The van der Waals surface area contributed by atoms with E-state index in [-0.39, 0.29) is 0 Å². The van der Waals surface area contributed by atoms with Gasteiger partial charge < -0.3 is 9.84 Å². The van der Waals surface area contributed by atoms with Crippen molar-refractivity contribution in [3.05, 3.63) is 34.9 Å². The van der Waals surface area contributed by atoms with Gasteiger partial charge >= 0.3 is 5.97 Å². The van der Waals surface area contributed by atoms with E-state index in [9.17, 15) is 4.79 Å². The first-order valence-electron chi connectivity index (χ1n) is 6.61. The summed E-state index contributed by atoms with van der Waals surface area (Å²) in [6, 6.07) is 5.22. The predicted octanol–water partition coefficient (Wildman–Crippen LogP) is 3.54. The Morgan fingerprint density at radius 3 is 2.67 bits per heavy atom. The van der Waals surface area contributed by atoms with E-state index in [4.69, 9.17) is 9.84 Å². The van der Waals surface area contributed by atoms with Crippen LogP contribution < -0.4 is 0 Å². The van der Waals surface area contributed by atoms with Gasteiger partial charge in [-0.15, -0.1) is 0 Å². The molecule has 98 valence electrons. The van der Waals surface area contributed by atoms with E-state index in [0.717, 1.165) is 24.0 Å². The van der Waals surface area contributed by atoms with E-state index in [1.54, 1.807) is 12.1 Å². The Morgan fingerprint density at radius 2 is 2.06 bits per heavy atom. The van der Waals surface area contributed by atoms with Crippen LogP contribution in [0.5, 0.6) is 0 Å². The molecule has 0 aromatic heterocycles. The highest BCUT2D eigenvalue weighted by molar-refractivity contribution is 5.87. The number of hydrogen-bond acceptors (Lipinski definition) is 2. The van der Waals surface area contributed by atoms with Crippen LogP contribution in [0.2, 0.25) is 0 Å². The molecule has 18 heavy (non-hydrogen) atoms. The van der Waals surface area contributed by atoms with Crippen LogP contribution in [0.25, 0.3) is 0 Å². The summed E-state index contributed by atoms with van der Waals surface area (Å²) >= 11 is 0. The van der Waals surface area contributed by atoms with E-state index in [1.807, 2.05) is 13.0 Å². The number of carboxylic acid groups (broad SMARTS) is 1. The van der Waals surface area contributed by atoms with Crippen molar-refractivity contribution in [3.63, 3.8) is 0 Å². The second kappa shape index (κ2) is 6.01. The Morgan fingerprint density at radius 1 is 1.33 bits per heavy atom. The molecule has 0 saturated heterocycles. The molecule has 1 N–H and O–H groups in total. The zero-order valence-corrected chi connectivity index (χ0v) is 10.8. The summed E-state index contributed by atoms with van der Waals surface area (Å²) in [5, 5.41) is 8.90. The molecular formula is C15H20O3. The van der Waals surface area contributed by atoms with E-state index in [2.05, 4.69) is 0 Å². The maximum atomic E-state index is 10.8. The SMILES string of the molecule is Cc1cc(C(=O)O)ccc1COC1CCCCC1. The molecule has 1 aromatic rings. The van der Waals surface area contributed by atoms with Crippen molar-refractivity contribution in [2.75, 3.05) is 0 Å². The number of carbonyl (C=O) groups is 1. The molecule has 3 nitrogen and oxygen atoms in total. The third-order valence-electron chi connectivity index (χ3n) is 3.62. The van der Waals surface area contributed by atoms with Gasteiger partial charge in [0.15, 0.2) is 0 Å². The topological polar surface area (TPSA) is 46.5 Å². The van der Waals surface area contributed by atoms with Gasteiger partial charge in [-0.05, 0) is 43.0 Å². The highest BCUT2D eigenvalue weighted by atomic mass is 16.5. The van der Waals surface area contributed by atoms with Gasteiger partial charge in [-0.2, -0.15) is 0 Å². The van der Waals surface area contributed by atoms with E-state index < -0.39 is 5.97 Å². The molecule has 1 saturated carbocycles. The van der Waals surface area contributed by atoms with Crippen molar-refractivity contribution in [1.29, 1.82) is 0 Å². The Bertz CT molecular complexity index is 420. The monoisotopic (exact) mass is 248 g/mol. The minimum Gasteiger partial charge on any atom is -0.478 e. The van der Waals surface area contributed by atoms with E-state index in [0.29, 0.717) is 18.3 Å². The molecule has 1 aromatic carbocycles. The highest BCUT2D eigenvalue weighted by Gasteiger charge is 2.14. The number of carboxylic acids is 1. The molecular weight excluding hydrogens is 228 g/mol. The summed E-state index contributed by atoms with van der Waals surface area (Å²) < 4.78 is 5.90. The average Bonchev–Trinajstić information content (AvgIpc) is 2.38. The van der Waals surface area contributed by atoms with Crippen molar-refractivity contribution in [3.8, 4) is 0 Å². The maximum Gasteiger partial charge on any atom is 0.335 e. The lowest BCUT2D eigenvalue weighted by molar-refractivity contribution is 0.0166. The number of hydrogen-bond donors (Lipinski definition) is 1. The third kappa shape index (κ3) is 3.33. The van der Waals surface area contributed by atoms with E-state index >= 15 is 0 Å². The second-order valence-electron chi connectivity index (χ2n) is 5.02. The Hall–Kier alpha value is -1.35. The molecule has 0 aliphatic heterocycles. The van der Waals surface area contributed by atoms with Crippen LogP contribution >= 0.6 is 0 Å². The molecule has 0 spiro atoms. The van der Waals surface area contributed by atoms with Gasteiger partial charge in [-0.25, -0.2) is 4.79 Å². The number of benzene rings is 1. The molecule has 0 heterocycles. The number of rotatable bonds is 4. The zero-order valence-electron chi connectivity index (χ0n) is 10.8. The number of aryl methyl sites for hydroxylation is 1. The van der Waals surface area contributed by atoms with Crippen LogP contribution in [0.1, 0.15) is 53.6 Å². The summed E-state index contributed by atoms with van der Waals surface area (Å²) in [6.07, 6.45) is 6.56. The quantitative estimate of drug-likeness (QED) is 0.886. The summed E-state index contributed by atoms with van der Waals surface area (Å²) in [5.74, 6) is -0.877. The molecule has 0 radical (unpaired) electrons. The molecule has 0 unspecified atom stereocenters. The van der Waals surface area contributed by atoms with Crippen LogP contribution in [-0.2, 0) is 11.3 Å². The van der Waals surface area contributed by atoms with Crippen molar-refractivity contribution in [1.82, 2.24) is 0 Å². The summed E-state index contributed by atoms with van der Waals surface area (Å²) in [5.41, 5.74) is 2.42. The van der Waals surface area contributed by atoms with Crippen LogP contribution in [-0.4, -0.2) is 17.2 Å². The molecule has 0 amide bonds. The first-order chi connectivity index (χ1) is 8.66. The predicted molar refractivity (Wildman–Crippen MR) is 69.8 cm³/mol. The molecule has 0 bridgehead atoms. The molecule has 1 aliphatic carbocycles. The maximum absolute atomic E-state index is 10.8. The van der Waals surface area contributed by atoms with Gasteiger partial charge in [0.2, 0.25) is 0 Å². The summed E-state index contributed by atoms with van der Waals surface area (Å²) in [7, 11) is 0. The van der Waals surface area contributed by atoms with Crippen molar-refractivity contribution < 1.29 is 14.6 Å². The van der Waals surface area contributed by atoms with Crippen LogP contribution in [0.15, 0.2) is 18.2 Å². The van der Waals surface area contributed by atoms with Gasteiger partial charge in [0, 0.05) is 0 Å². The zero-order chi connectivity index (χ0) is 13.0. The van der Waals surface area contributed by atoms with Gasteiger partial charge in [0.25, 0.3) is 0 Å². The van der Waals surface area contributed by atoms with Crippen molar-refractivity contribution >= 4 is 5.97 Å². The standard InChI is InChI=1S/C15H20O3/c1-11-9-12(15(16)17)7-8-13(11)10-18-14-5-3-2-4-6-14/h7-9,14H,2-6,10H2,1H3,(H,16,17). The minimum atomic E-state index is -0.877. The fraction of sp³-hybridized carbons (Fsp3) is 0.533. The Kier molecular flexibility index (Phi) is 4.37. The van der Waals surface area contributed by atoms with Gasteiger partial charge in [0.05, 0.1) is 18.3 Å². The highest BCUT2D eigenvalue weighted by Crippen LogP contribution is 2.22. The van der Waals surface area contributed by atoms with Crippen LogP contribution in [0.3, 0.4) is 0 Å². The number of ether oxygens (including phenoxy) is 1. The average molecular weight is 248 g/mol. The first kappa shape index (κ1) is 13.1. The van der Waals surface area contributed by atoms with E-state index in [1.165, 1.54) is 19.3 Å². The lowest BCUT2D eigenvalue weighted by atomic mass is 9.97. The third-order valence-corrected chi connectivity index (χ3v) is 3.62. The lowest BCUT2D eigenvalue weighted by Crippen LogP contribution is -2.16. The smallest absolute Gasteiger partial charge is 0.335 e. The summed E-state index contributed by atoms with van der Waals surface area (Å²) in [6.45, 7) is 2.53. The van der Waals surface area contributed by atoms with Gasteiger partial charge in [0.1, 0.15) is 0 Å². The molecule has 1 fully saturated rings. The Balaban J connectivity index is 1.94. The minimum absolute atomic E-state index is 0.342. The first-order valence-corrected chi connectivity index (χ1v) is 6.61. The number of aromatic carboxylic acids is 1. The van der Waals surface area contributed by atoms with Gasteiger partial charge in [-0.3, -0.25) is 0 Å². The van der Waals surface area contributed by atoms with Crippen molar-refractivity contribution in [2.24, 2.45) is 0 Å². The fourth-order valence-electron chi connectivity index (χ4n) is 2.43. The van der Waals surface area contributed by atoms with Crippen LogP contribution in [0, 0.1) is 6.92 Å². The second-order valence-corrected chi connectivity index (χ2v) is 5.02. The molecule has 2 rings (SSSR count). The lowest BCUT2D eigenvalue weighted by Gasteiger charge is -2.22. The van der Waals surface area contributed by atoms with Crippen LogP contribution in [0.4, 0.5) is 0 Å². The fourth-order valence-corrected chi connectivity index (χ4v) is 2.43. The largest absolute Gasteiger partial charge is 0.478 e. The molecule has 1 aliphatic rings. The Labute approximate surface area is 108 Å². The molecule has 0 atom stereocenters. The van der Waals surface area contributed by atoms with Crippen molar-refractivity contribution in [2.45, 2.75) is 51.7 Å². The normalized spacial score (nSPS) is 16.7. The van der Waals surface area contributed by atoms with Gasteiger partial charge in [-0.1, -0.05) is 25.3 Å². The summed E-state index contributed by atoms with van der Waals surface area (Å²) in [4.78, 5) is 10.8.